The molecule has 21 heavy (non-hydrogen) atoms. The topological polar surface area (TPSA) is 18.5 Å². The summed E-state index contributed by atoms with van der Waals surface area (Å²) >= 11 is 0. The SMILES string of the molecule is CCCCCCCCOc1ccc2c(c1)CCC(OC)C2. The van der Waals surface area contributed by atoms with Gasteiger partial charge in [0, 0.05) is 7.11 Å². The van der Waals surface area contributed by atoms with E-state index in [1.807, 2.05) is 7.11 Å². The summed E-state index contributed by atoms with van der Waals surface area (Å²) in [7, 11) is 1.81. The molecule has 0 saturated carbocycles. The summed E-state index contributed by atoms with van der Waals surface area (Å²) in [6, 6.07) is 6.57. The maximum absolute atomic E-state index is 5.90. The Hall–Kier alpha value is -1.02. The van der Waals surface area contributed by atoms with Crippen LogP contribution in [0.1, 0.15) is 63.0 Å². The van der Waals surface area contributed by atoms with Gasteiger partial charge in [-0.3, -0.25) is 0 Å². The molecule has 0 radical (unpaired) electrons. The van der Waals surface area contributed by atoms with Crippen molar-refractivity contribution in [3.63, 3.8) is 0 Å². The minimum Gasteiger partial charge on any atom is -0.494 e. The first-order valence-corrected chi connectivity index (χ1v) is 8.61. The van der Waals surface area contributed by atoms with Crippen LogP contribution in [0.4, 0.5) is 0 Å². The molecule has 1 unspecified atom stereocenters. The van der Waals surface area contributed by atoms with Gasteiger partial charge in [-0.05, 0) is 48.9 Å². The molecular weight excluding hydrogens is 260 g/mol. The Balaban J connectivity index is 1.70. The van der Waals surface area contributed by atoms with E-state index in [9.17, 15) is 0 Å². The van der Waals surface area contributed by atoms with E-state index in [1.54, 1.807) is 0 Å². The van der Waals surface area contributed by atoms with Crippen molar-refractivity contribution >= 4 is 0 Å². The monoisotopic (exact) mass is 290 g/mol. The van der Waals surface area contributed by atoms with Crippen molar-refractivity contribution in [3.05, 3.63) is 29.3 Å². The zero-order valence-electron chi connectivity index (χ0n) is 13.7. The predicted molar refractivity (Wildman–Crippen MR) is 88.1 cm³/mol. The zero-order chi connectivity index (χ0) is 14.9. The first-order chi connectivity index (χ1) is 10.3. The molecule has 0 bridgehead atoms. The quantitative estimate of drug-likeness (QED) is 0.600. The molecular formula is C19H30O2. The van der Waals surface area contributed by atoms with Gasteiger partial charge >= 0.3 is 0 Å². The molecule has 0 fully saturated rings. The zero-order valence-corrected chi connectivity index (χ0v) is 13.7. The van der Waals surface area contributed by atoms with Crippen LogP contribution in [0.5, 0.6) is 5.75 Å². The number of methoxy groups -OCH3 is 1. The van der Waals surface area contributed by atoms with Gasteiger partial charge < -0.3 is 9.47 Å². The third-order valence-electron chi connectivity index (χ3n) is 4.46. The second-order valence-electron chi connectivity index (χ2n) is 6.15. The molecule has 1 atom stereocenters. The molecule has 1 aromatic rings. The highest BCUT2D eigenvalue weighted by Crippen LogP contribution is 2.26. The molecule has 1 aliphatic rings. The number of fused-ring (bicyclic) bond motifs is 1. The largest absolute Gasteiger partial charge is 0.494 e. The number of hydrogen-bond acceptors (Lipinski definition) is 2. The van der Waals surface area contributed by atoms with Crippen molar-refractivity contribution in [1.82, 2.24) is 0 Å². The van der Waals surface area contributed by atoms with Gasteiger partial charge in [0.2, 0.25) is 0 Å². The highest BCUT2D eigenvalue weighted by atomic mass is 16.5. The Morgan fingerprint density at radius 2 is 1.86 bits per heavy atom. The Bertz CT molecular complexity index is 414. The number of benzene rings is 1. The molecule has 0 saturated heterocycles. The van der Waals surface area contributed by atoms with Gasteiger partial charge in [-0.2, -0.15) is 0 Å². The van der Waals surface area contributed by atoms with Gasteiger partial charge in [0.15, 0.2) is 0 Å². The lowest BCUT2D eigenvalue weighted by Gasteiger charge is -2.23. The fourth-order valence-corrected chi connectivity index (χ4v) is 3.06. The lowest BCUT2D eigenvalue weighted by atomic mass is 9.89. The molecule has 0 N–H and O–H groups in total. The molecule has 0 heterocycles. The van der Waals surface area contributed by atoms with Crippen LogP contribution in [0.3, 0.4) is 0 Å². The fraction of sp³-hybridized carbons (Fsp3) is 0.684. The van der Waals surface area contributed by atoms with Gasteiger partial charge in [0.25, 0.3) is 0 Å². The molecule has 0 spiro atoms. The van der Waals surface area contributed by atoms with Crippen LogP contribution in [0, 0.1) is 0 Å². The maximum Gasteiger partial charge on any atom is 0.119 e. The summed E-state index contributed by atoms with van der Waals surface area (Å²) < 4.78 is 11.4. The van der Waals surface area contributed by atoms with E-state index in [1.165, 1.54) is 49.7 Å². The van der Waals surface area contributed by atoms with Crippen molar-refractivity contribution in [2.45, 2.75) is 70.8 Å². The van der Waals surface area contributed by atoms with Crippen molar-refractivity contribution in [1.29, 1.82) is 0 Å². The maximum atomic E-state index is 5.90. The molecule has 0 amide bonds. The third kappa shape index (κ3) is 5.35. The Morgan fingerprint density at radius 1 is 1.05 bits per heavy atom. The average molecular weight is 290 g/mol. The van der Waals surface area contributed by atoms with Gasteiger partial charge in [-0.1, -0.05) is 45.1 Å². The third-order valence-corrected chi connectivity index (χ3v) is 4.46. The lowest BCUT2D eigenvalue weighted by Crippen LogP contribution is -2.21. The van der Waals surface area contributed by atoms with Crippen molar-refractivity contribution in [3.8, 4) is 5.75 Å². The number of rotatable bonds is 9. The number of aryl methyl sites for hydroxylation is 1. The Morgan fingerprint density at radius 3 is 2.67 bits per heavy atom. The summed E-state index contributed by atoms with van der Waals surface area (Å²) in [4.78, 5) is 0. The van der Waals surface area contributed by atoms with Crippen LogP contribution in [0.15, 0.2) is 18.2 Å². The minimum atomic E-state index is 0.396. The van der Waals surface area contributed by atoms with Crippen LogP contribution >= 0.6 is 0 Å². The first-order valence-electron chi connectivity index (χ1n) is 8.61. The van der Waals surface area contributed by atoms with E-state index < -0.39 is 0 Å². The van der Waals surface area contributed by atoms with Crippen LogP contribution in [0.25, 0.3) is 0 Å². The predicted octanol–water partition coefficient (Wildman–Crippen LogP) is 4.93. The summed E-state index contributed by atoms with van der Waals surface area (Å²) in [5.41, 5.74) is 2.88. The van der Waals surface area contributed by atoms with Gasteiger partial charge in [-0.25, -0.2) is 0 Å². The van der Waals surface area contributed by atoms with E-state index in [-0.39, 0.29) is 0 Å². The van der Waals surface area contributed by atoms with Crippen LogP contribution < -0.4 is 4.74 Å². The summed E-state index contributed by atoms with van der Waals surface area (Å²) in [6.07, 6.45) is 11.6. The van der Waals surface area contributed by atoms with Crippen molar-refractivity contribution < 1.29 is 9.47 Å². The van der Waals surface area contributed by atoms with Gasteiger partial charge in [-0.15, -0.1) is 0 Å². The Kier molecular flexibility index (Phi) is 7.08. The summed E-state index contributed by atoms with van der Waals surface area (Å²) in [6.45, 7) is 3.11. The van der Waals surface area contributed by atoms with Crippen molar-refractivity contribution in [2.24, 2.45) is 0 Å². The number of unbranched alkanes of at least 4 members (excludes halogenated alkanes) is 5. The summed E-state index contributed by atoms with van der Waals surface area (Å²) in [5.74, 6) is 1.04. The number of ether oxygens (including phenoxy) is 2. The van der Waals surface area contributed by atoms with E-state index in [4.69, 9.17) is 9.47 Å². The lowest BCUT2D eigenvalue weighted by molar-refractivity contribution is 0.0910. The van der Waals surface area contributed by atoms with Crippen LogP contribution in [-0.4, -0.2) is 19.8 Å². The molecule has 2 heteroatoms. The molecule has 0 aromatic heterocycles. The standard InChI is InChI=1S/C19H30O2/c1-3-4-5-6-7-8-13-21-19-12-10-16-14-18(20-2)11-9-17(16)15-19/h10,12,15,18H,3-9,11,13-14H2,1-2H3. The average Bonchev–Trinajstić information content (AvgIpc) is 2.53. The van der Waals surface area contributed by atoms with Gasteiger partial charge in [0.05, 0.1) is 12.7 Å². The highest BCUT2D eigenvalue weighted by Gasteiger charge is 2.18. The first kappa shape index (κ1) is 16.4. The number of hydrogen-bond donors (Lipinski definition) is 0. The molecule has 1 aromatic carbocycles. The second kappa shape index (κ2) is 9.09. The van der Waals surface area contributed by atoms with Crippen molar-refractivity contribution in [2.75, 3.05) is 13.7 Å². The smallest absolute Gasteiger partial charge is 0.119 e. The molecule has 2 nitrogen and oxygen atoms in total. The molecule has 118 valence electrons. The minimum absolute atomic E-state index is 0.396. The van der Waals surface area contributed by atoms with E-state index >= 15 is 0 Å². The molecule has 2 rings (SSSR count). The van der Waals surface area contributed by atoms with E-state index in [0.29, 0.717) is 6.10 Å². The second-order valence-corrected chi connectivity index (χ2v) is 6.15. The van der Waals surface area contributed by atoms with Crippen LogP contribution in [-0.2, 0) is 17.6 Å². The highest BCUT2D eigenvalue weighted by molar-refractivity contribution is 5.37. The van der Waals surface area contributed by atoms with E-state index in [0.717, 1.165) is 31.6 Å². The van der Waals surface area contributed by atoms with Gasteiger partial charge in [0.1, 0.15) is 5.75 Å². The fourth-order valence-electron chi connectivity index (χ4n) is 3.06. The Labute approximate surface area is 129 Å². The van der Waals surface area contributed by atoms with Crippen LogP contribution in [0.2, 0.25) is 0 Å². The summed E-state index contributed by atoms with van der Waals surface area (Å²) in [5, 5.41) is 0. The molecule has 1 aliphatic carbocycles. The molecule has 0 aliphatic heterocycles. The van der Waals surface area contributed by atoms with E-state index in [2.05, 4.69) is 25.1 Å². The normalized spacial score (nSPS) is 17.5.